The topological polar surface area (TPSA) is 78.1 Å². The largest absolute Gasteiger partial charge is 0.496 e. The Bertz CT molecular complexity index is 717. The van der Waals surface area contributed by atoms with Crippen LogP contribution in [0, 0.1) is 0 Å². The molecule has 26 heavy (non-hydrogen) atoms. The smallest absolute Gasteiger partial charge is 0.193 e. The Hall–Kier alpha value is -2.89. The highest BCUT2D eigenvalue weighted by atomic mass is 16.5. The predicted octanol–water partition coefficient (Wildman–Crippen LogP) is 3.24. The quantitative estimate of drug-likeness (QED) is 0.560. The van der Waals surface area contributed by atoms with E-state index in [2.05, 4.69) is 29.4 Å². The molecule has 0 bridgehead atoms. The molecular formula is C20H27N3O3. The molecule has 0 saturated heterocycles. The van der Waals surface area contributed by atoms with Crippen LogP contribution in [0.4, 0.5) is 5.69 Å². The zero-order valence-corrected chi connectivity index (χ0v) is 15.8. The number of anilines is 1. The first-order valence-electron chi connectivity index (χ1n) is 8.56. The second-order valence-corrected chi connectivity index (χ2v) is 5.70. The van der Waals surface area contributed by atoms with Crippen molar-refractivity contribution in [1.82, 2.24) is 0 Å². The van der Waals surface area contributed by atoms with Crippen molar-refractivity contribution in [3.63, 3.8) is 0 Å². The van der Waals surface area contributed by atoms with Crippen LogP contribution in [0.5, 0.6) is 17.2 Å². The molecule has 3 N–H and O–H groups in total. The van der Waals surface area contributed by atoms with Crippen molar-refractivity contribution in [1.29, 1.82) is 0 Å². The highest BCUT2D eigenvalue weighted by Gasteiger charge is 2.12. The number of rotatable bonds is 8. The molecule has 0 aliphatic rings. The third kappa shape index (κ3) is 5.05. The van der Waals surface area contributed by atoms with E-state index >= 15 is 0 Å². The lowest BCUT2D eigenvalue weighted by atomic mass is 10.1. The van der Waals surface area contributed by atoms with E-state index in [1.165, 1.54) is 5.56 Å². The molecule has 0 aliphatic heterocycles. The van der Waals surface area contributed by atoms with Gasteiger partial charge in [-0.25, -0.2) is 0 Å². The van der Waals surface area contributed by atoms with E-state index in [0.29, 0.717) is 36.2 Å². The average molecular weight is 357 g/mol. The van der Waals surface area contributed by atoms with E-state index in [1.807, 2.05) is 24.3 Å². The number of nitrogens with one attached hydrogen (secondary N) is 1. The number of aliphatic imine (C=N–C) groups is 1. The van der Waals surface area contributed by atoms with E-state index in [9.17, 15) is 0 Å². The van der Waals surface area contributed by atoms with Gasteiger partial charge in [0.1, 0.15) is 17.2 Å². The van der Waals surface area contributed by atoms with Crippen LogP contribution in [0.25, 0.3) is 0 Å². The number of hydrogen-bond donors (Lipinski definition) is 2. The van der Waals surface area contributed by atoms with Crippen molar-refractivity contribution in [2.24, 2.45) is 10.7 Å². The Balaban J connectivity index is 2.04. The van der Waals surface area contributed by atoms with Crippen LogP contribution in [-0.2, 0) is 12.8 Å². The first-order chi connectivity index (χ1) is 12.6. The van der Waals surface area contributed by atoms with Gasteiger partial charge in [-0.3, -0.25) is 4.99 Å². The lowest BCUT2D eigenvalue weighted by molar-refractivity contribution is 0.369. The van der Waals surface area contributed by atoms with Crippen molar-refractivity contribution in [3.05, 3.63) is 47.5 Å². The fourth-order valence-corrected chi connectivity index (χ4v) is 2.62. The van der Waals surface area contributed by atoms with Crippen LogP contribution in [0.15, 0.2) is 41.4 Å². The summed E-state index contributed by atoms with van der Waals surface area (Å²) in [5, 5.41) is 3.10. The highest BCUT2D eigenvalue weighted by Crippen LogP contribution is 2.34. The van der Waals surface area contributed by atoms with Gasteiger partial charge in [-0.2, -0.15) is 0 Å². The zero-order valence-electron chi connectivity index (χ0n) is 15.8. The van der Waals surface area contributed by atoms with Crippen molar-refractivity contribution >= 4 is 11.6 Å². The van der Waals surface area contributed by atoms with Gasteiger partial charge in [-0.15, -0.1) is 0 Å². The maximum absolute atomic E-state index is 5.98. The van der Waals surface area contributed by atoms with Gasteiger partial charge in [0.2, 0.25) is 0 Å². The summed E-state index contributed by atoms with van der Waals surface area (Å²) >= 11 is 0. The molecule has 0 fully saturated rings. The molecule has 6 nitrogen and oxygen atoms in total. The van der Waals surface area contributed by atoms with E-state index in [4.69, 9.17) is 19.9 Å². The van der Waals surface area contributed by atoms with Gasteiger partial charge in [0.15, 0.2) is 5.96 Å². The Morgan fingerprint density at radius 3 is 2.12 bits per heavy atom. The molecule has 0 aromatic heterocycles. The number of nitrogens with two attached hydrogens (primary N) is 1. The second kappa shape index (κ2) is 9.56. The molecule has 0 saturated carbocycles. The van der Waals surface area contributed by atoms with Crippen LogP contribution in [0.2, 0.25) is 0 Å². The lowest BCUT2D eigenvalue weighted by Crippen LogP contribution is -2.23. The molecule has 0 atom stereocenters. The molecule has 2 rings (SSSR count). The normalized spacial score (nSPS) is 11.2. The maximum atomic E-state index is 5.98. The number of ether oxygens (including phenoxy) is 3. The third-order valence-corrected chi connectivity index (χ3v) is 4.10. The summed E-state index contributed by atoms with van der Waals surface area (Å²) in [6.45, 7) is 2.63. The van der Waals surface area contributed by atoms with Crippen LogP contribution < -0.4 is 25.3 Å². The minimum Gasteiger partial charge on any atom is -0.496 e. The molecule has 0 radical (unpaired) electrons. The van der Waals surface area contributed by atoms with Crippen molar-refractivity contribution in [3.8, 4) is 17.2 Å². The minimum absolute atomic E-state index is 0.376. The number of hydrogen-bond acceptors (Lipinski definition) is 4. The van der Waals surface area contributed by atoms with Gasteiger partial charge in [-0.05, 0) is 30.5 Å². The Morgan fingerprint density at radius 1 is 1.00 bits per heavy atom. The SMILES string of the molecule is CCc1ccc(NC(N)=NCCc2c(OC)cc(OC)cc2OC)cc1. The van der Waals surface area contributed by atoms with Crippen LogP contribution >= 0.6 is 0 Å². The summed E-state index contributed by atoms with van der Waals surface area (Å²) in [4.78, 5) is 4.39. The Labute approximate surface area is 155 Å². The Morgan fingerprint density at radius 2 is 1.62 bits per heavy atom. The molecule has 2 aromatic rings. The number of benzene rings is 2. The van der Waals surface area contributed by atoms with Gasteiger partial charge in [0, 0.05) is 29.9 Å². The first-order valence-corrected chi connectivity index (χ1v) is 8.56. The van der Waals surface area contributed by atoms with Gasteiger partial charge in [-0.1, -0.05) is 19.1 Å². The second-order valence-electron chi connectivity index (χ2n) is 5.70. The molecule has 2 aromatic carbocycles. The van der Waals surface area contributed by atoms with E-state index in [0.717, 1.165) is 17.7 Å². The van der Waals surface area contributed by atoms with Gasteiger partial charge in [0.25, 0.3) is 0 Å². The molecule has 0 amide bonds. The molecule has 6 heteroatoms. The average Bonchev–Trinajstić information content (AvgIpc) is 2.68. The summed E-state index contributed by atoms with van der Waals surface area (Å²) in [5.74, 6) is 2.47. The van der Waals surface area contributed by atoms with Crippen LogP contribution in [-0.4, -0.2) is 33.8 Å². The monoisotopic (exact) mass is 357 g/mol. The van der Waals surface area contributed by atoms with Crippen LogP contribution in [0.1, 0.15) is 18.1 Å². The third-order valence-electron chi connectivity index (χ3n) is 4.10. The summed E-state index contributed by atoms with van der Waals surface area (Å²) in [6.07, 6.45) is 1.64. The minimum atomic E-state index is 0.376. The summed E-state index contributed by atoms with van der Waals surface area (Å²) in [5.41, 5.74) is 9.12. The van der Waals surface area contributed by atoms with E-state index < -0.39 is 0 Å². The molecule has 0 spiro atoms. The van der Waals surface area contributed by atoms with Crippen molar-refractivity contribution in [2.75, 3.05) is 33.2 Å². The first kappa shape index (κ1) is 19.4. The van der Waals surface area contributed by atoms with E-state index in [-0.39, 0.29) is 0 Å². The predicted molar refractivity (Wildman–Crippen MR) is 106 cm³/mol. The fourth-order valence-electron chi connectivity index (χ4n) is 2.62. The number of methoxy groups -OCH3 is 3. The summed E-state index contributed by atoms with van der Waals surface area (Å²) in [7, 11) is 4.85. The molecule has 0 unspecified atom stereocenters. The number of guanidine groups is 1. The standard InChI is InChI=1S/C20H27N3O3/c1-5-14-6-8-15(9-7-14)23-20(21)22-11-10-17-18(25-3)12-16(24-2)13-19(17)26-4/h6-9,12-13H,5,10-11H2,1-4H3,(H3,21,22,23). The highest BCUT2D eigenvalue weighted by molar-refractivity contribution is 5.92. The summed E-state index contributed by atoms with van der Waals surface area (Å²) in [6, 6.07) is 11.8. The molecule has 140 valence electrons. The van der Waals surface area contributed by atoms with Crippen molar-refractivity contribution < 1.29 is 14.2 Å². The summed E-state index contributed by atoms with van der Waals surface area (Å²) < 4.78 is 16.2. The van der Waals surface area contributed by atoms with Crippen LogP contribution in [0.3, 0.4) is 0 Å². The van der Waals surface area contributed by atoms with Gasteiger partial charge < -0.3 is 25.3 Å². The fraction of sp³-hybridized carbons (Fsp3) is 0.350. The maximum Gasteiger partial charge on any atom is 0.193 e. The lowest BCUT2D eigenvalue weighted by Gasteiger charge is -2.14. The zero-order chi connectivity index (χ0) is 18.9. The molecule has 0 aliphatic carbocycles. The Kier molecular flexibility index (Phi) is 7.14. The number of aryl methyl sites for hydroxylation is 1. The van der Waals surface area contributed by atoms with Gasteiger partial charge in [0.05, 0.1) is 21.3 Å². The number of nitrogens with zero attached hydrogens (tertiary/aromatic N) is 1. The molecule has 0 heterocycles. The molecular weight excluding hydrogens is 330 g/mol. The van der Waals surface area contributed by atoms with Gasteiger partial charge >= 0.3 is 0 Å². The van der Waals surface area contributed by atoms with Crippen molar-refractivity contribution in [2.45, 2.75) is 19.8 Å². The van der Waals surface area contributed by atoms with E-state index in [1.54, 1.807) is 21.3 Å².